The Hall–Kier alpha value is -0.670. The zero-order valence-electron chi connectivity index (χ0n) is 37.8. The predicted molar refractivity (Wildman–Crippen MR) is 241 cm³/mol. The largest absolute Gasteiger partial charge is 0.466 e. The third-order valence-electron chi connectivity index (χ3n) is 10.8. The van der Waals surface area contributed by atoms with Gasteiger partial charge in [-0.1, -0.05) is 168 Å². The Bertz CT molecular complexity index is 717. The molecule has 0 atom stereocenters. The highest BCUT2D eigenvalue weighted by Crippen LogP contribution is 2.22. The molecule has 0 saturated carbocycles. The fraction of sp³-hybridized carbons (Fsp3) is 0.957. The van der Waals surface area contributed by atoms with Crippen LogP contribution in [0.2, 0.25) is 0 Å². The molecule has 0 radical (unpaired) electrons. The van der Waals surface area contributed by atoms with Crippen molar-refractivity contribution in [3.8, 4) is 0 Å². The molecular formula is C47H96N2O5S. The van der Waals surface area contributed by atoms with E-state index >= 15 is 0 Å². The van der Waals surface area contributed by atoms with Gasteiger partial charge in [-0.2, -0.15) is 0 Å². The second-order valence-corrected chi connectivity index (χ2v) is 17.0. The summed E-state index contributed by atoms with van der Waals surface area (Å²) in [5, 5.41) is 0. The number of nitrogens with one attached hydrogen (secondary N) is 1. The van der Waals surface area contributed by atoms with Crippen LogP contribution in [0.1, 0.15) is 214 Å². The van der Waals surface area contributed by atoms with Gasteiger partial charge in [-0.3, -0.25) is 9.52 Å². The Morgan fingerprint density at radius 2 is 1.05 bits per heavy atom. The Kier molecular flexibility index (Phi) is 50.8. The van der Waals surface area contributed by atoms with Crippen molar-refractivity contribution in [2.24, 2.45) is 11.8 Å². The van der Waals surface area contributed by atoms with E-state index in [4.69, 9.17) is 14.2 Å². The molecule has 0 aromatic carbocycles. The Labute approximate surface area is 348 Å². The van der Waals surface area contributed by atoms with E-state index in [2.05, 4.69) is 37.3 Å². The Morgan fingerprint density at radius 3 is 1.60 bits per heavy atom. The van der Waals surface area contributed by atoms with E-state index in [0.29, 0.717) is 19.4 Å². The maximum absolute atomic E-state index is 12.3. The Morgan fingerprint density at radius 1 is 0.564 bits per heavy atom. The van der Waals surface area contributed by atoms with E-state index < -0.39 is 0 Å². The molecule has 0 fully saturated rings. The van der Waals surface area contributed by atoms with Gasteiger partial charge in [0.2, 0.25) is 0 Å². The van der Waals surface area contributed by atoms with Crippen LogP contribution in [0, 0.1) is 11.8 Å². The number of aldehydes is 1. The quantitative estimate of drug-likeness (QED) is 0.0283. The molecular weight excluding hydrogens is 705 g/mol. The van der Waals surface area contributed by atoms with Gasteiger partial charge in [-0.05, 0) is 76.4 Å². The monoisotopic (exact) mass is 801 g/mol. The van der Waals surface area contributed by atoms with Crippen molar-refractivity contribution < 1.29 is 23.8 Å². The molecule has 0 bridgehead atoms. The molecule has 0 aromatic rings. The first-order valence-corrected chi connectivity index (χ1v) is 24.6. The van der Waals surface area contributed by atoms with E-state index in [0.717, 1.165) is 75.9 Å². The lowest BCUT2D eigenvalue weighted by atomic mass is 9.92. The smallest absolute Gasteiger partial charge is 0.305 e. The zero-order valence-corrected chi connectivity index (χ0v) is 38.6. The van der Waals surface area contributed by atoms with Crippen molar-refractivity contribution in [2.75, 3.05) is 66.0 Å². The highest BCUT2D eigenvalue weighted by Gasteiger charge is 2.11. The van der Waals surface area contributed by atoms with Gasteiger partial charge < -0.3 is 23.9 Å². The van der Waals surface area contributed by atoms with Gasteiger partial charge in [0.05, 0.1) is 13.2 Å². The second-order valence-electron chi connectivity index (χ2n) is 16.0. The third-order valence-corrected chi connectivity index (χ3v) is 11.6. The molecule has 0 unspecified atom stereocenters. The molecule has 0 aliphatic heterocycles. The van der Waals surface area contributed by atoms with E-state index in [1.807, 2.05) is 0 Å². The highest BCUT2D eigenvalue weighted by atomic mass is 32.2. The van der Waals surface area contributed by atoms with Gasteiger partial charge in [0.15, 0.2) is 0 Å². The Balaban J connectivity index is 0. The van der Waals surface area contributed by atoms with Crippen LogP contribution in [0.5, 0.6) is 0 Å². The van der Waals surface area contributed by atoms with E-state index in [-0.39, 0.29) is 5.97 Å². The second kappa shape index (κ2) is 49.5. The topological polar surface area (TPSA) is 77.1 Å². The van der Waals surface area contributed by atoms with Crippen LogP contribution < -0.4 is 4.72 Å². The van der Waals surface area contributed by atoms with Gasteiger partial charge in [0.1, 0.15) is 6.29 Å². The maximum atomic E-state index is 12.3. The normalized spacial score (nSPS) is 11.4. The molecule has 0 heterocycles. The molecule has 7 nitrogen and oxygen atoms in total. The molecule has 330 valence electrons. The lowest BCUT2D eigenvalue weighted by molar-refractivity contribution is -0.144. The number of nitrogens with zero attached hydrogens (tertiary/aromatic N) is 1. The standard InChI is InChI=1S/C35H70N2O4S.C12H26O/c1-4-6-15-22-34(23-16-7-5-2)25-31-41-35(39)24-17-11-10-13-19-28-37(27-18-12-8-9-14-20-30-38)29-21-26-36-42-33-32-40-3;1-4-6-8-12(9-7-5-2)10-11-13-3/h30,34,36H,4-29,31-33H2,1-3H3;12H,4-11H2,1-3H3. The van der Waals surface area contributed by atoms with Crippen molar-refractivity contribution >= 4 is 24.2 Å². The third kappa shape index (κ3) is 45.9. The van der Waals surface area contributed by atoms with Crippen molar-refractivity contribution in [3.63, 3.8) is 0 Å². The summed E-state index contributed by atoms with van der Waals surface area (Å²) in [5.74, 6) is 2.63. The zero-order chi connectivity index (χ0) is 40.7. The minimum absolute atomic E-state index is 0.00203. The summed E-state index contributed by atoms with van der Waals surface area (Å²) in [5.41, 5.74) is 0. The first-order valence-electron chi connectivity index (χ1n) is 23.7. The molecule has 8 heteroatoms. The minimum Gasteiger partial charge on any atom is -0.466 e. The van der Waals surface area contributed by atoms with Crippen LogP contribution in [0.4, 0.5) is 0 Å². The average molecular weight is 801 g/mol. The number of unbranched alkanes of at least 4 members (excludes halogenated alkanes) is 15. The number of rotatable bonds is 44. The molecule has 0 amide bonds. The number of carbonyl (C=O) groups excluding carboxylic acids is 2. The van der Waals surface area contributed by atoms with E-state index in [1.165, 1.54) is 161 Å². The molecule has 55 heavy (non-hydrogen) atoms. The van der Waals surface area contributed by atoms with E-state index in [9.17, 15) is 9.59 Å². The van der Waals surface area contributed by atoms with Crippen LogP contribution in [-0.4, -0.2) is 83.1 Å². The first kappa shape index (κ1) is 56.4. The summed E-state index contributed by atoms with van der Waals surface area (Å²) >= 11 is 1.75. The van der Waals surface area contributed by atoms with Gasteiger partial charge in [-0.15, -0.1) is 0 Å². The summed E-state index contributed by atoms with van der Waals surface area (Å²) in [6.45, 7) is 15.9. The van der Waals surface area contributed by atoms with Crippen LogP contribution in [0.3, 0.4) is 0 Å². The van der Waals surface area contributed by atoms with Gasteiger partial charge in [0.25, 0.3) is 0 Å². The van der Waals surface area contributed by atoms with Crippen molar-refractivity contribution in [1.82, 2.24) is 9.62 Å². The predicted octanol–water partition coefficient (Wildman–Crippen LogP) is 13.2. The molecule has 0 saturated heterocycles. The lowest BCUT2D eigenvalue weighted by Crippen LogP contribution is -2.29. The minimum atomic E-state index is 0.00203. The highest BCUT2D eigenvalue weighted by molar-refractivity contribution is 7.97. The molecule has 0 spiro atoms. The lowest BCUT2D eigenvalue weighted by Gasteiger charge is -2.22. The molecule has 0 rings (SSSR count). The summed E-state index contributed by atoms with van der Waals surface area (Å²) < 4.78 is 19.3. The van der Waals surface area contributed by atoms with Crippen LogP contribution in [0.15, 0.2) is 0 Å². The summed E-state index contributed by atoms with van der Waals surface area (Å²) in [4.78, 5) is 25.4. The van der Waals surface area contributed by atoms with Crippen LogP contribution in [-0.2, 0) is 23.8 Å². The summed E-state index contributed by atoms with van der Waals surface area (Å²) in [6, 6.07) is 0. The van der Waals surface area contributed by atoms with Crippen LogP contribution >= 0.6 is 11.9 Å². The fourth-order valence-electron chi connectivity index (χ4n) is 7.12. The average Bonchev–Trinajstić information content (AvgIpc) is 3.19. The van der Waals surface area contributed by atoms with Crippen molar-refractivity contribution in [2.45, 2.75) is 214 Å². The molecule has 1 N–H and O–H groups in total. The fourth-order valence-corrected chi connectivity index (χ4v) is 7.80. The van der Waals surface area contributed by atoms with Gasteiger partial charge in [0, 0.05) is 46.0 Å². The summed E-state index contributed by atoms with van der Waals surface area (Å²) in [7, 11) is 3.55. The number of methoxy groups -OCH3 is 2. The SMILES string of the molecule is CCCCC(CCCC)CCOC.CCCCCC(CCCCC)CCOC(=O)CCCCCCCN(CCCCCCCC=O)CCCNSCCOC. The first-order chi connectivity index (χ1) is 27.0. The number of hydrogen-bond donors (Lipinski definition) is 1. The van der Waals surface area contributed by atoms with Gasteiger partial charge in [-0.25, -0.2) is 0 Å². The maximum Gasteiger partial charge on any atom is 0.305 e. The number of esters is 1. The summed E-state index contributed by atoms with van der Waals surface area (Å²) in [6.07, 6.45) is 36.1. The van der Waals surface area contributed by atoms with E-state index in [1.54, 1.807) is 26.2 Å². The number of carbonyl (C=O) groups is 2. The van der Waals surface area contributed by atoms with Crippen LogP contribution in [0.25, 0.3) is 0 Å². The van der Waals surface area contributed by atoms with Crippen molar-refractivity contribution in [3.05, 3.63) is 0 Å². The van der Waals surface area contributed by atoms with Crippen molar-refractivity contribution in [1.29, 1.82) is 0 Å². The molecule has 0 aliphatic rings. The number of hydrogen-bond acceptors (Lipinski definition) is 8. The molecule has 0 aliphatic carbocycles. The number of ether oxygens (including phenoxy) is 3. The van der Waals surface area contributed by atoms with Gasteiger partial charge >= 0.3 is 5.97 Å². The molecule has 0 aromatic heterocycles.